The number of rotatable bonds is 3. The summed E-state index contributed by atoms with van der Waals surface area (Å²) in [5.41, 5.74) is 0.210. The van der Waals surface area contributed by atoms with Crippen molar-refractivity contribution in [2.45, 2.75) is 52.1 Å². The van der Waals surface area contributed by atoms with Gasteiger partial charge >= 0.3 is 5.97 Å². The first kappa shape index (κ1) is 16.8. The molecule has 0 aromatic heterocycles. The highest BCUT2D eigenvalue weighted by Crippen LogP contribution is 2.28. The Bertz CT molecular complexity index is 485. The lowest BCUT2D eigenvalue weighted by Crippen LogP contribution is -2.51. The molecule has 0 bridgehead atoms. The molecular formula is C16H26N2O4. The quantitative estimate of drug-likeness (QED) is 0.799. The number of carbonyl (C=O) groups is 2. The molecule has 22 heavy (non-hydrogen) atoms. The number of hydrogen-bond acceptors (Lipinski definition) is 5. The van der Waals surface area contributed by atoms with Crippen molar-refractivity contribution in [3.63, 3.8) is 0 Å². The summed E-state index contributed by atoms with van der Waals surface area (Å²) in [6, 6.07) is 0.0696. The lowest BCUT2D eigenvalue weighted by Gasteiger charge is -2.43. The molecule has 0 atom stereocenters. The maximum absolute atomic E-state index is 12.2. The second-order valence-electron chi connectivity index (χ2n) is 6.87. The average Bonchev–Trinajstić information content (AvgIpc) is 2.75. The summed E-state index contributed by atoms with van der Waals surface area (Å²) in [4.78, 5) is 28.0. The first-order chi connectivity index (χ1) is 10.3. The molecule has 1 saturated heterocycles. The Kier molecular flexibility index (Phi) is 4.80. The number of piperidine rings is 1. The van der Waals surface area contributed by atoms with E-state index in [9.17, 15) is 14.7 Å². The van der Waals surface area contributed by atoms with Gasteiger partial charge in [-0.1, -0.05) is 0 Å². The van der Waals surface area contributed by atoms with Crippen molar-refractivity contribution in [1.29, 1.82) is 0 Å². The van der Waals surface area contributed by atoms with Gasteiger partial charge in [-0.15, -0.1) is 0 Å². The Morgan fingerprint density at radius 1 is 1.32 bits per heavy atom. The molecule has 0 aromatic rings. The maximum Gasteiger partial charge on any atom is 0.339 e. The van der Waals surface area contributed by atoms with Crippen molar-refractivity contribution in [3.05, 3.63) is 11.3 Å². The van der Waals surface area contributed by atoms with Gasteiger partial charge in [0, 0.05) is 24.7 Å². The molecule has 2 aliphatic heterocycles. The number of esters is 1. The van der Waals surface area contributed by atoms with Crippen molar-refractivity contribution >= 4 is 11.9 Å². The van der Waals surface area contributed by atoms with Crippen LogP contribution in [0.2, 0.25) is 0 Å². The van der Waals surface area contributed by atoms with E-state index in [-0.39, 0.29) is 30.3 Å². The highest BCUT2D eigenvalue weighted by atomic mass is 16.5. The fourth-order valence-corrected chi connectivity index (χ4v) is 3.10. The van der Waals surface area contributed by atoms with Crippen LogP contribution in [0.15, 0.2) is 11.3 Å². The molecule has 124 valence electrons. The van der Waals surface area contributed by atoms with Crippen LogP contribution in [-0.4, -0.2) is 64.6 Å². The molecule has 0 aromatic carbocycles. The van der Waals surface area contributed by atoms with Crippen LogP contribution in [0.4, 0.5) is 0 Å². The van der Waals surface area contributed by atoms with Gasteiger partial charge in [0.25, 0.3) is 5.91 Å². The fraction of sp³-hybridized carbons (Fsp3) is 0.750. The van der Waals surface area contributed by atoms with Crippen LogP contribution < -0.4 is 0 Å². The van der Waals surface area contributed by atoms with E-state index >= 15 is 0 Å². The van der Waals surface area contributed by atoms with Crippen molar-refractivity contribution in [2.24, 2.45) is 0 Å². The third-order valence-electron chi connectivity index (χ3n) is 4.45. The largest absolute Gasteiger partial charge is 0.503 e. The lowest BCUT2D eigenvalue weighted by molar-refractivity contribution is -0.138. The number of aliphatic hydroxyl groups is 1. The molecule has 6 nitrogen and oxygen atoms in total. The standard InChI is InChI=1S/C16H26N2O4/c1-5-22-15(21)12-10-18(14(20)13(12)19)11-6-8-17(9-7-11)16(2,3)4/h11,19H,5-10H2,1-4H3. The van der Waals surface area contributed by atoms with E-state index in [0.717, 1.165) is 25.9 Å². The summed E-state index contributed by atoms with van der Waals surface area (Å²) in [7, 11) is 0. The Hall–Kier alpha value is -1.56. The molecule has 0 saturated carbocycles. The Morgan fingerprint density at radius 2 is 1.91 bits per heavy atom. The Balaban J connectivity index is 1.99. The van der Waals surface area contributed by atoms with Gasteiger partial charge < -0.3 is 14.7 Å². The molecule has 2 aliphatic rings. The highest BCUT2D eigenvalue weighted by molar-refractivity contribution is 6.05. The van der Waals surface area contributed by atoms with E-state index in [4.69, 9.17) is 4.74 Å². The van der Waals surface area contributed by atoms with Crippen LogP contribution in [-0.2, 0) is 14.3 Å². The zero-order valence-electron chi connectivity index (χ0n) is 13.9. The van der Waals surface area contributed by atoms with E-state index in [1.807, 2.05) is 0 Å². The first-order valence-electron chi connectivity index (χ1n) is 7.91. The number of ether oxygens (including phenoxy) is 1. The predicted molar refractivity (Wildman–Crippen MR) is 82.3 cm³/mol. The van der Waals surface area contributed by atoms with Gasteiger partial charge in [0.2, 0.25) is 0 Å². The van der Waals surface area contributed by atoms with Gasteiger partial charge in [0.15, 0.2) is 5.76 Å². The number of nitrogens with zero attached hydrogens (tertiary/aromatic N) is 2. The maximum atomic E-state index is 12.2. The number of hydrogen-bond donors (Lipinski definition) is 1. The molecule has 1 amide bonds. The normalized spacial score (nSPS) is 21.6. The molecule has 1 N–H and O–H groups in total. The van der Waals surface area contributed by atoms with Gasteiger partial charge in [-0.05, 0) is 40.5 Å². The van der Waals surface area contributed by atoms with Gasteiger partial charge in [-0.2, -0.15) is 0 Å². The molecular weight excluding hydrogens is 284 g/mol. The minimum atomic E-state index is -0.594. The molecule has 2 heterocycles. The first-order valence-corrected chi connectivity index (χ1v) is 7.91. The topological polar surface area (TPSA) is 70.1 Å². The van der Waals surface area contributed by atoms with Crippen LogP contribution in [0.25, 0.3) is 0 Å². The molecule has 1 fully saturated rings. The van der Waals surface area contributed by atoms with E-state index in [2.05, 4.69) is 25.7 Å². The van der Waals surface area contributed by atoms with E-state index in [1.165, 1.54) is 0 Å². The van der Waals surface area contributed by atoms with Crippen LogP contribution in [0.1, 0.15) is 40.5 Å². The number of aliphatic hydroxyl groups excluding tert-OH is 1. The molecule has 2 rings (SSSR count). The van der Waals surface area contributed by atoms with Crippen LogP contribution in [0, 0.1) is 0 Å². The van der Waals surface area contributed by atoms with Crippen molar-refractivity contribution in [3.8, 4) is 0 Å². The van der Waals surface area contributed by atoms with Gasteiger partial charge in [0.05, 0.1) is 13.2 Å². The summed E-state index contributed by atoms with van der Waals surface area (Å²) in [5, 5.41) is 9.91. The highest BCUT2D eigenvalue weighted by Gasteiger charge is 2.40. The van der Waals surface area contributed by atoms with E-state index < -0.39 is 17.6 Å². The molecule has 0 unspecified atom stereocenters. The third kappa shape index (κ3) is 3.27. The summed E-state index contributed by atoms with van der Waals surface area (Å²) >= 11 is 0. The summed E-state index contributed by atoms with van der Waals surface area (Å²) in [6.45, 7) is 10.5. The van der Waals surface area contributed by atoms with Crippen molar-refractivity contribution in [1.82, 2.24) is 9.80 Å². The van der Waals surface area contributed by atoms with Gasteiger partial charge in [-0.3, -0.25) is 9.69 Å². The lowest BCUT2D eigenvalue weighted by atomic mass is 9.97. The van der Waals surface area contributed by atoms with Crippen molar-refractivity contribution in [2.75, 3.05) is 26.2 Å². The zero-order valence-corrected chi connectivity index (χ0v) is 13.9. The number of carbonyl (C=O) groups excluding carboxylic acids is 2. The molecule has 0 spiro atoms. The Morgan fingerprint density at radius 3 is 2.41 bits per heavy atom. The molecule has 0 aliphatic carbocycles. The monoisotopic (exact) mass is 310 g/mol. The summed E-state index contributed by atoms with van der Waals surface area (Å²) < 4.78 is 4.90. The number of likely N-dealkylation sites (tertiary alicyclic amines) is 1. The molecule has 0 radical (unpaired) electrons. The second-order valence-corrected chi connectivity index (χ2v) is 6.87. The van der Waals surface area contributed by atoms with Gasteiger partial charge in [0.1, 0.15) is 5.57 Å². The van der Waals surface area contributed by atoms with Gasteiger partial charge in [-0.25, -0.2) is 4.79 Å². The summed E-state index contributed by atoms with van der Waals surface area (Å²) in [6.07, 6.45) is 1.71. The smallest absolute Gasteiger partial charge is 0.339 e. The summed E-state index contributed by atoms with van der Waals surface area (Å²) in [5.74, 6) is -1.49. The minimum absolute atomic E-state index is 0.0696. The SMILES string of the molecule is CCOC(=O)C1=C(O)C(=O)N(C2CCN(C(C)(C)C)CC2)C1. The minimum Gasteiger partial charge on any atom is -0.503 e. The van der Waals surface area contributed by atoms with E-state index in [0.29, 0.717) is 0 Å². The van der Waals surface area contributed by atoms with Crippen molar-refractivity contribution < 1.29 is 19.4 Å². The second kappa shape index (κ2) is 6.28. The zero-order chi connectivity index (χ0) is 16.5. The van der Waals surface area contributed by atoms with E-state index in [1.54, 1.807) is 11.8 Å². The van der Waals surface area contributed by atoms with Crippen LogP contribution in [0.5, 0.6) is 0 Å². The Labute approximate surface area is 131 Å². The van der Waals surface area contributed by atoms with Crippen LogP contribution >= 0.6 is 0 Å². The fourth-order valence-electron chi connectivity index (χ4n) is 3.10. The third-order valence-corrected chi connectivity index (χ3v) is 4.45. The average molecular weight is 310 g/mol. The van der Waals surface area contributed by atoms with Crippen LogP contribution in [0.3, 0.4) is 0 Å². The number of amides is 1. The predicted octanol–water partition coefficient (Wildman–Crippen LogP) is 1.47. The molecule has 6 heteroatoms.